The van der Waals surface area contributed by atoms with Gasteiger partial charge in [-0.25, -0.2) is 0 Å². The Morgan fingerprint density at radius 2 is 1.94 bits per heavy atom. The zero-order valence-electron chi connectivity index (χ0n) is 20.2. The van der Waals surface area contributed by atoms with Gasteiger partial charge in [-0.1, -0.05) is 37.8 Å². The maximum Gasteiger partial charge on any atom is 0.271 e. The lowest BCUT2D eigenvalue weighted by molar-refractivity contribution is -0.134. The number of rotatable bonds is 5. The number of hydrogen-bond donors (Lipinski definition) is 1. The van der Waals surface area contributed by atoms with Crippen molar-refractivity contribution < 1.29 is 18.7 Å². The third kappa shape index (κ3) is 3.97. The largest absolute Gasteiger partial charge is 0.497 e. The Labute approximate surface area is 200 Å². The molecule has 0 unspecified atom stereocenters. The van der Waals surface area contributed by atoms with Crippen LogP contribution in [-0.4, -0.2) is 40.0 Å². The predicted octanol–water partition coefficient (Wildman–Crippen LogP) is 4.81. The van der Waals surface area contributed by atoms with Crippen molar-refractivity contribution in [1.82, 2.24) is 14.8 Å². The smallest absolute Gasteiger partial charge is 0.271 e. The summed E-state index contributed by atoms with van der Waals surface area (Å²) in [5.41, 5.74) is 1.96. The Morgan fingerprint density at radius 1 is 1.18 bits per heavy atom. The second kappa shape index (κ2) is 8.85. The van der Waals surface area contributed by atoms with Crippen molar-refractivity contribution in [3.63, 3.8) is 0 Å². The quantitative estimate of drug-likeness (QED) is 0.551. The van der Waals surface area contributed by atoms with E-state index in [9.17, 15) is 9.59 Å². The predicted molar refractivity (Wildman–Crippen MR) is 130 cm³/mol. The monoisotopic (exact) mass is 463 g/mol. The number of ether oxygens (including phenoxy) is 1. The summed E-state index contributed by atoms with van der Waals surface area (Å²) in [4.78, 5) is 29.4. The second-order valence-electron chi connectivity index (χ2n) is 9.90. The molecule has 3 heterocycles. The van der Waals surface area contributed by atoms with Crippen LogP contribution in [0.15, 0.2) is 40.8 Å². The SMILES string of the molecule is COc1cccc(CN2C(=O)c3cc4oc(C)cc4n3C[C@@]2(C)C(=O)NC2CCCCCC2)c1. The van der Waals surface area contributed by atoms with Crippen LogP contribution in [0.25, 0.3) is 11.1 Å². The van der Waals surface area contributed by atoms with E-state index in [0.29, 0.717) is 24.4 Å². The number of nitrogens with one attached hydrogen (secondary N) is 1. The highest BCUT2D eigenvalue weighted by atomic mass is 16.5. The van der Waals surface area contributed by atoms with E-state index in [0.717, 1.165) is 48.3 Å². The molecule has 34 heavy (non-hydrogen) atoms. The summed E-state index contributed by atoms with van der Waals surface area (Å²) in [6, 6.07) is 11.6. The molecule has 2 aromatic heterocycles. The Balaban J connectivity index is 1.53. The van der Waals surface area contributed by atoms with Gasteiger partial charge in [0, 0.05) is 24.7 Å². The van der Waals surface area contributed by atoms with E-state index in [-0.39, 0.29) is 17.9 Å². The van der Waals surface area contributed by atoms with Crippen LogP contribution in [0, 0.1) is 6.92 Å². The summed E-state index contributed by atoms with van der Waals surface area (Å²) in [5.74, 6) is 1.25. The van der Waals surface area contributed by atoms with Crippen molar-refractivity contribution in [2.45, 2.75) is 77.0 Å². The zero-order chi connectivity index (χ0) is 23.9. The molecule has 1 aliphatic heterocycles. The number of carbonyl (C=O) groups is 2. The van der Waals surface area contributed by atoms with Gasteiger partial charge < -0.3 is 23.9 Å². The highest BCUT2D eigenvalue weighted by molar-refractivity contribution is 6.03. The maximum atomic E-state index is 13.9. The summed E-state index contributed by atoms with van der Waals surface area (Å²) in [7, 11) is 1.62. The van der Waals surface area contributed by atoms with Crippen molar-refractivity contribution in [1.29, 1.82) is 0 Å². The van der Waals surface area contributed by atoms with E-state index in [1.165, 1.54) is 12.8 Å². The fourth-order valence-corrected chi connectivity index (χ4v) is 5.43. The molecule has 0 radical (unpaired) electrons. The van der Waals surface area contributed by atoms with Crippen LogP contribution >= 0.6 is 0 Å². The zero-order valence-corrected chi connectivity index (χ0v) is 20.2. The van der Waals surface area contributed by atoms with Crippen LogP contribution in [0.1, 0.15) is 67.3 Å². The van der Waals surface area contributed by atoms with E-state index in [4.69, 9.17) is 9.15 Å². The molecule has 7 nitrogen and oxygen atoms in total. The van der Waals surface area contributed by atoms with Crippen molar-refractivity contribution in [3.05, 3.63) is 53.4 Å². The summed E-state index contributed by atoms with van der Waals surface area (Å²) < 4.78 is 13.1. The molecule has 1 saturated carbocycles. The Morgan fingerprint density at radius 3 is 2.68 bits per heavy atom. The van der Waals surface area contributed by atoms with Crippen molar-refractivity contribution >= 4 is 22.9 Å². The van der Waals surface area contributed by atoms with Gasteiger partial charge in [-0.2, -0.15) is 0 Å². The topological polar surface area (TPSA) is 76.7 Å². The summed E-state index contributed by atoms with van der Waals surface area (Å²) in [5, 5.41) is 3.31. The molecule has 7 heteroatoms. The highest BCUT2D eigenvalue weighted by Gasteiger charge is 2.48. The average Bonchev–Trinajstić information content (AvgIpc) is 3.22. The van der Waals surface area contributed by atoms with Crippen LogP contribution < -0.4 is 10.1 Å². The minimum atomic E-state index is -1.05. The average molecular weight is 464 g/mol. The first-order chi connectivity index (χ1) is 16.4. The number of amides is 2. The molecule has 0 bridgehead atoms. The van der Waals surface area contributed by atoms with E-state index in [2.05, 4.69) is 5.32 Å². The van der Waals surface area contributed by atoms with Gasteiger partial charge in [0.15, 0.2) is 5.58 Å². The number of aryl methyl sites for hydroxylation is 1. The number of carbonyl (C=O) groups excluding carboxylic acids is 2. The van der Waals surface area contributed by atoms with Gasteiger partial charge in [-0.15, -0.1) is 0 Å². The number of furan rings is 1. The summed E-state index contributed by atoms with van der Waals surface area (Å²) in [6.45, 7) is 4.47. The number of nitrogens with zero attached hydrogens (tertiary/aromatic N) is 2. The maximum absolute atomic E-state index is 13.9. The second-order valence-corrected chi connectivity index (χ2v) is 9.90. The van der Waals surface area contributed by atoms with Crippen molar-refractivity contribution in [2.24, 2.45) is 0 Å². The third-order valence-electron chi connectivity index (χ3n) is 7.39. The first-order valence-corrected chi connectivity index (χ1v) is 12.2. The van der Waals surface area contributed by atoms with Crippen LogP contribution in [0.3, 0.4) is 0 Å². The highest BCUT2D eigenvalue weighted by Crippen LogP contribution is 2.35. The lowest BCUT2D eigenvalue weighted by Crippen LogP contribution is -2.64. The minimum Gasteiger partial charge on any atom is -0.497 e. The minimum absolute atomic E-state index is 0.0941. The molecule has 1 N–H and O–H groups in total. The van der Waals surface area contributed by atoms with E-state index in [1.807, 2.05) is 48.7 Å². The molecule has 0 spiro atoms. The first kappa shape index (κ1) is 22.6. The Bertz CT molecular complexity index is 1220. The summed E-state index contributed by atoms with van der Waals surface area (Å²) >= 11 is 0. The lowest BCUT2D eigenvalue weighted by atomic mass is 9.93. The molecule has 180 valence electrons. The van der Waals surface area contributed by atoms with E-state index < -0.39 is 5.54 Å². The van der Waals surface area contributed by atoms with Crippen LogP contribution in [0.4, 0.5) is 0 Å². The normalized spacial score (nSPS) is 21.4. The van der Waals surface area contributed by atoms with Gasteiger partial charge in [0.2, 0.25) is 5.91 Å². The molecule has 2 aliphatic rings. The van der Waals surface area contributed by atoms with Gasteiger partial charge in [0.1, 0.15) is 22.7 Å². The number of hydrogen-bond acceptors (Lipinski definition) is 4. The molecule has 1 aliphatic carbocycles. The van der Waals surface area contributed by atoms with E-state index >= 15 is 0 Å². The molecule has 1 aromatic carbocycles. The number of aromatic nitrogens is 1. The first-order valence-electron chi connectivity index (χ1n) is 12.2. The molecule has 1 fully saturated rings. The van der Waals surface area contributed by atoms with Gasteiger partial charge in [0.25, 0.3) is 5.91 Å². The molecular weight excluding hydrogens is 430 g/mol. The Hall–Kier alpha value is -3.22. The molecule has 5 rings (SSSR count). The number of benzene rings is 1. The molecule has 3 aromatic rings. The number of methoxy groups -OCH3 is 1. The fourth-order valence-electron chi connectivity index (χ4n) is 5.43. The van der Waals surface area contributed by atoms with Crippen molar-refractivity contribution in [3.8, 4) is 5.75 Å². The fraction of sp³-hybridized carbons (Fsp3) is 0.481. The Kier molecular flexibility index (Phi) is 5.88. The van der Waals surface area contributed by atoms with Gasteiger partial charge in [-0.05, 0) is 44.4 Å². The van der Waals surface area contributed by atoms with Crippen molar-refractivity contribution in [2.75, 3.05) is 7.11 Å². The lowest BCUT2D eigenvalue weighted by Gasteiger charge is -2.44. The molecule has 1 atom stereocenters. The summed E-state index contributed by atoms with van der Waals surface area (Å²) in [6.07, 6.45) is 6.68. The standard InChI is InChI=1S/C27H33N3O4/c1-18-13-22-24(34-18)15-23-25(31)30(16-19-9-8-12-21(14-19)33-3)27(2,17-29(22)23)26(32)28-20-10-6-4-5-7-11-20/h8-9,12-15,20H,4-7,10-11,16-17H2,1-3H3,(H,28,32)/t27-/m0/s1. The van der Waals surface area contributed by atoms with Crippen LogP contribution in [0.5, 0.6) is 5.75 Å². The molecule has 2 amide bonds. The van der Waals surface area contributed by atoms with Gasteiger partial charge in [0.05, 0.1) is 19.2 Å². The van der Waals surface area contributed by atoms with E-state index in [1.54, 1.807) is 18.1 Å². The molecule has 0 saturated heterocycles. The molecular formula is C27H33N3O4. The van der Waals surface area contributed by atoms with Gasteiger partial charge >= 0.3 is 0 Å². The van der Waals surface area contributed by atoms with Crippen LogP contribution in [0.2, 0.25) is 0 Å². The van der Waals surface area contributed by atoms with Gasteiger partial charge in [-0.3, -0.25) is 9.59 Å². The number of fused-ring (bicyclic) bond motifs is 3. The van der Waals surface area contributed by atoms with Crippen LogP contribution in [-0.2, 0) is 17.9 Å². The third-order valence-corrected chi connectivity index (χ3v) is 7.39.